The maximum atomic E-state index is 2.61. The molecule has 172 valence electrons. The molecule has 0 aliphatic heterocycles. The van der Waals surface area contributed by atoms with E-state index in [-0.39, 0.29) is 0 Å². The van der Waals surface area contributed by atoms with Gasteiger partial charge in [0.15, 0.2) is 0 Å². The zero-order valence-electron chi connectivity index (χ0n) is 22.8. The number of rotatable bonds is 4. The van der Waals surface area contributed by atoms with Gasteiger partial charge < -0.3 is 0 Å². The monoisotopic (exact) mass is 788 g/mol. The summed E-state index contributed by atoms with van der Waals surface area (Å²) in [5, 5.41) is 2.36. The van der Waals surface area contributed by atoms with E-state index in [9.17, 15) is 0 Å². The molecule has 0 nitrogen and oxygen atoms in total. The van der Waals surface area contributed by atoms with Gasteiger partial charge in [-0.3, -0.25) is 0 Å². The van der Waals surface area contributed by atoms with Crippen LogP contribution in [0.5, 0.6) is 0 Å². The molecule has 0 N–H and O–H groups in total. The number of hydrogen-bond acceptors (Lipinski definition) is 0. The maximum absolute atomic E-state index is 2.61. The topological polar surface area (TPSA) is 0 Å². The Kier molecular flexibility index (Phi) is 10.8. The first-order valence-corrected chi connectivity index (χ1v) is 29.2. The molecule has 0 aliphatic rings. The summed E-state index contributed by atoms with van der Waals surface area (Å²) in [5.74, 6) is 0. The van der Waals surface area contributed by atoms with Crippen LogP contribution < -0.4 is 5.19 Å². The third-order valence-electron chi connectivity index (χ3n) is 6.67. The Labute approximate surface area is 222 Å². The zero-order chi connectivity index (χ0) is 24.6. The van der Waals surface area contributed by atoms with Crippen LogP contribution in [0.1, 0.15) is 41.5 Å². The molecular formula is C24H50PbSi4Te. The van der Waals surface area contributed by atoms with E-state index in [0.29, 0.717) is 10.1 Å². The van der Waals surface area contributed by atoms with E-state index in [1.165, 1.54) is 25.8 Å². The Morgan fingerprint density at radius 2 is 0.867 bits per heavy atom. The molecule has 0 saturated carbocycles. The fourth-order valence-electron chi connectivity index (χ4n) is 6.04. The average molecular weight is 786 g/mol. The molecule has 4 radical (unpaired) electrons. The van der Waals surface area contributed by atoms with Crippen LogP contribution in [-0.2, 0) is 0 Å². The zero-order valence-corrected chi connectivity index (χ0v) is 33.0. The van der Waals surface area contributed by atoms with Gasteiger partial charge >= 0.3 is 225 Å². The molecule has 1 aromatic carbocycles. The van der Waals surface area contributed by atoms with Crippen molar-refractivity contribution < 1.29 is 0 Å². The summed E-state index contributed by atoms with van der Waals surface area (Å²) in [6, 6.07) is 11.1. The second-order valence-corrected chi connectivity index (χ2v) is 50.2. The van der Waals surface area contributed by atoms with Gasteiger partial charge in [0.1, 0.15) is 0 Å². The fraction of sp³-hybridized carbons (Fsp3) is 0.750. The Hall–Kier alpha value is 1.80. The van der Waals surface area contributed by atoms with Gasteiger partial charge in [-0.15, -0.1) is 0 Å². The predicted molar refractivity (Wildman–Crippen MR) is 155 cm³/mol. The first-order chi connectivity index (χ1) is 12.9. The number of benzene rings is 1. The molecule has 0 aromatic heterocycles. The molecule has 0 amide bonds. The van der Waals surface area contributed by atoms with Gasteiger partial charge in [-0.2, -0.15) is 0 Å². The van der Waals surface area contributed by atoms with Crippen molar-refractivity contribution in [3.05, 3.63) is 30.3 Å². The molecule has 0 bridgehead atoms. The summed E-state index contributed by atoms with van der Waals surface area (Å²) < 4.78 is 0.868. The van der Waals surface area contributed by atoms with Crippen molar-refractivity contribution in [3.8, 4) is 0 Å². The summed E-state index contributed by atoms with van der Waals surface area (Å²) in [6.07, 6.45) is 0. The van der Waals surface area contributed by atoms with Crippen LogP contribution in [0.15, 0.2) is 30.3 Å². The summed E-state index contributed by atoms with van der Waals surface area (Å²) >= 11 is 3.87. The molecule has 30 heavy (non-hydrogen) atoms. The van der Waals surface area contributed by atoms with Crippen LogP contribution in [0.3, 0.4) is 0 Å². The van der Waals surface area contributed by atoms with Gasteiger partial charge in [-0.1, -0.05) is 0 Å². The van der Waals surface area contributed by atoms with Crippen molar-refractivity contribution in [2.24, 2.45) is 0 Å². The third kappa shape index (κ3) is 6.69. The van der Waals surface area contributed by atoms with Gasteiger partial charge in [0.25, 0.3) is 0 Å². The Morgan fingerprint density at radius 3 is 1.03 bits per heavy atom. The van der Waals surface area contributed by atoms with Gasteiger partial charge in [0.2, 0.25) is 0 Å². The predicted octanol–water partition coefficient (Wildman–Crippen LogP) is 7.55. The molecule has 1 aromatic rings. The van der Waals surface area contributed by atoms with Crippen LogP contribution in [-0.4, -0.2) is 77.1 Å². The Balaban J connectivity index is 0.000000567. The molecule has 6 heteroatoms. The van der Waals surface area contributed by atoms with E-state index in [2.05, 4.69) is 152 Å². The van der Waals surface area contributed by atoms with E-state index in [0.717, 1.165) is 1.84 Å². The minimum absolute atomic E-state index is 0.386. The first kappa shape index (κ1) is 31.8. The van der Waals surface area contributed by atoms with Crippen LogP contribution in [0.4, 0.5) is 0 Å². The van der Waals surface area contributed by atoms with Gasteiger partial charge in [-0.05, 0) is 0 Å². The van der Waals surface area contributed by atoms with Gasteiger partial charge in [-0.25, -0.2) is 0 Å². The third-order valence-corrected chi connectivity index (χ3v) is 71.0. The Bertz CT molecular complexity index is 619. The van der Waals surface area contributed by atoms with E-state index in [4.69, 9.17) is 0 Å². The average Bonchev–Trinajstić information content (AvgIpc) is 2.49. The van der Waals surface area contributed by atoms with Crippen LogP contribution in [0.2, 0.25) is 70.8 Å². The first-order valence-electron chi connectivity index (χ1n) is 11.4. The Morgan fingerprint density at radius 1 is 0.600 bits per heavy atom. The molecule has 0 aliphatic carbocycles. The second-order valence-electron chi connectivity index (χ2n) is 14.0. The van der Waals surface area contributed by atoms with Crippen LogP contribution in [0.25, 0.3) is 0 Å². The van der Waals surface area contributed by atoms with Crippen molar-refractivity contribution in [2.45, 2.75) is 112 Å². The summed E-state index contributed by atoms with van der Waals surface area (Å²) in [5.41, 5.74) is -1.52. The van der Waals surface area contributed by atoms with Gasteiger partial charge in [0, 0.05) is 0 Å². The summed E-state index contributed by atoms with van der Waals surface area (Å²) in [4.78, 5) is 0. The molecule has 0 heterocycles. The molecule has 0 fully saturated rings. The minimum atomic E-state index is -1.52. The van der Waals surface area contributed by atoms with E-state index >= 15 is 0 Å². The summed E-state index contributed by atoms with van der Waals surface area (Å²) in [7, 11) is -2.99. The van der Waals surface area contributed by atoms with Crippen molar-refractivity contribution in [2.75, 3.05) is 0 Å². The molecular weight excluding hydrogens is 735 g/mol. The fourth-order valence-corrected chi connectivity index (χ4v) is 38.8. The van der Waals surface area contributed by atoms with E-state index in [1.807, 2.05) is 0 Å². The van der Waals surface area contributed by atoms with Crippen LogP contribution >= 0.6 is 0 Å². The van der Waals surface area contributed by atoms with Crippen molar-refractivity contribution >= 4 is 82.3 Å². The van der Waals surface area contributed by atoms with Gasteiger partial charge in [0.05, 0.1) is 0 Å². The SMILES string of the molecule is CC(C)(C)[Si]([Te])(c1ccccc1)C(C)(C)C.C[Si](C)(C)[C]([Pb])([Si](C)(C)C)[Si](C)(C)C. The molecule has 0 saturated heterocycles. The van der Waals surface area contributed by atoms with E-state index in [1.54, 1.807) is 5.19 Å². The molecule has 0 spiro atoms. The summed E-state index contributed by atoms with van der Waals surface area (Å²) in [6.45, 7) is 37.9. The standard InChI is InChI=1S/C14H23SiTe.C10H27Si3.Pb/c1-13(2,3)15(16,14(4,5)6)12-10-8-7-9-11-12;1-11(2,3)10(12(4,5)6)13(7,8)9;/h7-11H,1-6H3;1-9H3;. The van der Waals surface area contributed by atoms with Crippen molar-refractivity contribution in [1.82, 2.24) is 0 Å². The molecule has 0 atom stereocenters. The quantitative estimate of drug-likeness (QED) is 0.277. The van der Waals surface area contributed by atoms with Crippen molar-refractivity contribution in [3.63, 3.8) is 0 Å². The molecule has 1 rings (SSSR count). The van der Waals surface area contributed by atoms with Crippen molar-refractivity contribution in [1.29, 1.82) is 0 Å². The second kappa shape index (κ2) is 10.2. The van der Waals surface area contributed by atoms with Crippen LogP contribution in [0, 0.1) is 0 Å². The van der Waals surface area contributed by atoms with E-state index < -0.39 is 29.8 Å². The number of hydrogen-bond donors (Lipinski definition) is 0. The molecule has 0 unspecified atom stereocenters. The normalized spacial score (nSPS) is 14.8.